The number of rotatable bonds is 3. The molecule has 1 saturated heterocycles. The molecule has 108 valence electrons. The molecule has 1 amide bonds. The van der Waals surface area contributed by atoms with Crippen LogP contribution in [-0.2, 0) is 0 Å². The van der Waals surface area contributed by atoms with E-state index >= 15 is 0 Å². The van der Waals surface area contributed by atoms with Gasteiger partial charge in [-0.2, -0.15) is 0 Å². The minimum absolute atomic E-state index is 0.0103. The minimum atomic E-state index is -0.518. The fourth-order valence-electron chi connectivity index (χ4n) is 2.72. The van der Waals surface area contributed by atoms with Crippen molar-refractivity contribution >= 4 is 11.7 Å². The lowest BCUT2D eigenvalue weighted by Gasteiger charge is -2.37. The van der Waals surface area contributed by atoms with Crippen molar-refractivity contribution in [3.8, 4) is 0 Å². The van der Waals surface area contributed by atoms with Gasteiger partial charge in [-0.15, -0.1) is 0 Å². The summed E-state index contributed by atoms with van der Waals surface area (Å²) in [4.78, 5) is 25.5. The second-order valence-electron chi connectivity index (χ2n) is 5.44. The molecular weight excluding hydrogens is 254 g/mol. The highest BCUT2D eigenvalue weighted by Gasteiger charge is 2.30. The first-order valence-electron chi connectivity index (χ1n) is 7.10. The number of ketones is 1. The molecule has 1 heterocycles. The molecule has 0 bridgehead atoms. The zero-order valence-corrected chi connectivity index (χ0v) is 12.0. The third-order valence-corrected chi connectivity index (χ3v) is 3.91. The van der Waals surface area contributed by atoms with Crippen molar-refractivity contribution in [3.63, 3.8) is 0 Å². The highest BCUT2D eigenvalue weighted by molar-refractivity contribution is 5.97. The number of aliphatic hydroxyl groups excluding tert-OH is 1. The molecule has 0 radical (unpaired) electrons. The van der Waals surface area contributed by atoms with E-state index in [0.717, 1.165) is 19.3 Å². The first-order valence-corrected chi connectivity index (χ1v) is 7.10. The first kappa shape index (κ1) is 14.7. The molecule has 20 heavy (non-hydrogen) atoms. The highest BCUT2D eigenvalue weighted by Crippen LogP contribution is 2.22. The Balaban J connectivity index is 2.18. The Kier molecular flexibility index (Phi) is 4.55. The number of hydrogen-bond acceptors (Lipinski definition) is 3. The third kappa shape index (κ3) is 3.07. The number of likely N-dealkylation sites (tertiary alicyclic amines) is 1. The molecule has 0 aliphatic carbocycles. The van der Waals surface area contributed by atoms with E-state index in [1.807, 2.05) is 0 Å². The zero-order chi connectivity index (χ0) is 14.7. The van der Waals surface area contributed by atoms with E-state index < -0.39 is 6.10 Å². The lowest BCUT2D eigenvalue weighted by molar-refractivity contribution is 0.0281. The Hall–Kier alpha value is -1.68. The van der Waals surface area contributed by atoms with E-state index in [4.69, 9.17) is 0 Å². The van der Waals surface area contributed by atoms with Crippen molar-refractivity contribution in [2.45, 2.75) is 45.3 Å². The molecule has 0 aromatic heterocycles. The molecule has 2 unspecified atom stereocenters. The van der Waals surface area contributed by atoms with Gasteiger partial charge in [-0.3, -0.25) is 9.59 Å². The lowest BCUT2D eigenvalue weighted by atomic mass is 9.97. The van der Waals surface area contributed by atoms with Crippen LogP contribution in [-0.4, -0.2) is 40.4 Å². The van der Waals surface area contributed by atoms with Crippen LogP contribution < -0.4 is 0 Å². The Labute approximate surface area is 119 Å². The van der Waals surface area contributed by atoms with Crippen LogP contribution in [0.1, 0.15) is 53.8 Å². The quantitative estimate of drug-likeness (QED) is 0.861. The molecule has 2 atom stereocenters. The second-order valence-corrected chi connectivity index (χ2v) is 5.44. The third-order valence-electron chi connectivity index (χ3n) is 3.91. The van der Waals surface area contributed by atoms with Gasteiger partial charge in [0.15, 0.2) is 5.78 Å². The fraction of sp³-hybridized carbons (Fsp3) is 0.500. The summed E-state index contributed by atoms with van der Waals surface area (Å²) in [5, 5.41) is 9.82. The van der Waals surface area contributed by atoms with Gasteiger partial charge in [-0.25, -0.2) is 0 Å². The van der Waals surface area contributed by atoms with Crippen molar-refractivity contribution < 1.29 is 14.7 Å². The van der Waals surface area contributed by atoms with Crippen molar-refractivity contribution in [1.29, 1.82) is 0 Å². The molecule has 1 aromatic rings. The maximum absolute atomic E-state index is 12.5. The average molecular weight is 275 g/mol. The van der Waals surface area contributed by atoms with Crippen molar-refractivity contribution in [1.82, 2.24) is 4.90 Å². The van der Waals surface area contributed by atoms with Crippen LogP contribution in [0.2, 0.25) is 0 Å². The van der Waals surface area contributed by atoms with Gasteiger partial charge in [0, 0.05) is 17.7 Å². The molecule has 1 fully saturated rings. The summed E-state index contributed by atoms with van der Waals surface area (Å²) in [5.41, 5.74) is 1.18. The number of amides is 1. The van der Waals surface area contributed by atoms with Crippen LogP contribution in [0.25, 0.3) is 0 Å². The number of Topliss-reactive ketones (excluding diaryl/α,β-unsaturated/α-hetero) is 1. The monoisotopic (exact) mass is 275 g/mol. The van der Waals surface area contributed by atoms with Gasteiger partial charge < -0.3 is 10.0 Å². The molecule has 4 nitrogen and oxygen atoms in total. The van der Waals surface area contributed by atoms with Crippen LogP contribution in [0.15, 0.2) is 24.3 Å². The second kappa shape index (κ2) is 6.18. The molecule has 0 spiro atoms. The number of piperidine rings is 1. The van der Waals surface area contributed by atoms with Gasteiger partial charge >= 0.3 is 0 Å². The molecule has 4 heteroatoms. The largest absolute Gasteiger partial charge is 0.391 e. The van der Waals surface area contributed by atoms with Gasteiger partial charge in [0.05, 0.1) is 12.1 Å². The standard InChI is InChI=1S/C16H21NO3/c1-11(18)13-6-8-14(9-7-13)16(20)17-10-4-3-5-15(17)12(2)19/h6-9,12,15,19H,3-5,10H2,1-2H3. The summed E-state index contributed by atoms with van der Waals surface area (Å²) in [7, 11) is 0. The normalized spacial score (nSPS) is 20.6. The van der Waals surface area contributed by atoms with Crippen LogP contribution >= 0.6 is 0 Å². The van der Waals surface area contributed by atoms with E-state index in [0.29, 0.717) is 17.7 Å². The van der Waals surface area contributed by atoms with Crippen molar-refractivity contribution in [3.05, 3.63) is 35.4 Å². The topological polar surface area (TPSA) is 57.6 Å². The fourth-order valence-corrected chi connectivity index (χ4v) is 2.72. The van der Waals surface area contributed by atoms with E-state index in [1.165, 1.54) is 6.92 Å². The van der Waals surface area contributed by atoms with Gasteiger partial charge in [0.2, 0.25) is 0 Å². The molecule has 1 aliphatic rings. The Bertz CT molecular complexity index is 493. The Morgan fingerprint density at radius 2 is 1.80 bits per heavy atom. The Morgan fingerprint density at radius 3 is 2.35 bits per heavy atom. The number of carbonyl (C=O) groups excluding carboxylic acids is 2. The summed E-state index contributed by atoms with van der Waals surface area (Å²) < 4.78 is 0. The summed E-state index contributed by atoms with van der Waals surface area (Å²) in [5.74, 6) is -0.0745. The SMILES string of the molecule is CC(=O)c1ccc(C(=O)N2CCCCC2C(C)O)cc1. The van der Waals surface area contributed by atoms with Crippen LogP contribution in [0, 0.1) is 0 Å². The van der Waals surface area contributed by atoms with Crippen LogP contribution in [0.4, 0.5) is 0 Å². The van der Waals surface area contributed by atoms with E-state index in [1.54, 1.807) is 36.1 Å². The summed E-state index contributed by atoms with van der Waals surface area (Å²) >= 11 is 0. The maximum atomic E-state index is 12.5. The van der Waals surface area contributed by atoms with Gasteiger partial charge in [0.25, 0.3) is 5.91 Å². The number of hydrogen-bond donors (Lipinski definition) is 1. The molecule has 1 N–H and O–H groups in total. The van der Waals surface area contributed by atoms with Crippen molar-refractivity contribution in [2.75, 3.05) is 6.54 Å². The highest BCUT2D eigenvalue weighted by atomic mass is 16.3. The van der Waals surface area contributed by atoms with Gasteiger partial charge in [-0.05, 0) is 45.2 Å². The first-order chi connectivity index (χ1) is 9.50. The maximum Gasteiger partial charge on any atom is 0.254 e. The minimum Gasteiger partial charge on any atom is -0.391 e. The number of nitrogens with zero attached hydrogens (tertiary/aromatic N) is 1. The number of carbonyl (C=O) groups is 2. The predicted molar refractivity (Wildman–Crippen MR) is 76.8 cm³/mol. The predicted octanol–water partition coefficient (Wildman–Crippen LogP) is 2.26. The molecular formula is C16H21NO3. The number of benzene rings is 1. The van der Waals surface area contributed by atoms with E-state index in [-0.39, 0.29) is 17.7 Å². The average Bonchev–Trinajstić information content (AvgIpc) is 2.46. The molecule has 1 aliphatic heterocycles. The zero-order valence-electron chi connectivity index (χ0n) is 12.0. The smallest absolute Gasteiger partial charge is 0.254 e. The van der Waals surface area contributed by atoms with Gasteiger partial charge in [-0.1, -0.05) is 12.1 Å². The number of aliphatic hydroxyl groups is 1. The summed E-state index contributed by atoms with van der Waals surface area (Å²) in [6.07, 6.45) is 2.34. The summed E-state index contributed by atoms with van der Waals surface area (Å²) in [6, 6.07) is 6.62. The van der Waals surface area contributed by atoms with Crippen molar-refractivity contribution in [2.24, 2.45) is 0 Å². The van der Waals surface area contributed by atoms with E-state index in [9.17, 15) is 14.7 Å². The molecule has 1 aromatic carbocycles. The van der Waals surface area contributed by atoms with Gasteiger partial charge in [0.1, 0.15) is 0 Å². The van der Waals surface area contributed by atoms with Crippen LogP contribution in [0.3, 0.4) is 0 Å². The molecule has 2 rings (SSSR count). The molecule has 0 saturated carbocycles. The van der Waals surface area contributed by atoms with Crippen LogP contribution in [0.5, 0.6) is 0 Å². The summed E-state index contributed by atoms with van der Waals surface area (Å²) in [6.45, 7) is 3.92. The van der Waals surface area contributed by atoms with E-state index in [2.05, 4.69) is 0 Å². The Morgan fingerprint density at radius 1 is 1.20 bits per heavy atom. The lowest BCUT2D eigenvalue weighted by Crippen LogP contribution is -2.48.